The predicted octanol–water partition coefficient (Wildman–Crippen LogP) is 4.72. The summed E-state index contributed by atoms with van der Waals surface area (Å²) >= 11 is 3.53. The summed E-state index contributed by atoms with van der Waals surface area (Å²) in [6.07, 6.45) is 5.16. The molecular formula is C14H20BrN. The molecule has 16 heavy (non-hydrogen) atoms. The minimum Gasteiger partial charge on any atom is -0.398 e. The van der Waals surface area contributed by atoms with Crippen LogP contribution < -0.4 is 5.73 Å². The molecule has 0 spiro atoms. The first-order valence-corrected chi connectivity index (χ1v) is 6.82. The number of rotatable bonds is 1. The topological polar surface area (TPSA) is 26.0 Å². The zero-order chi connectivity index (χ0) is 11.8. The second-order valence-electron chi connectivity index (χ2n) is 5.71. The lowest BCUT2D eigenvalue weighted by Gasteiger charge is -2.35. The highest BCUT2D eigenvalue weighted by Gasteiger charge is 2.28. The Morgan fingerprint density at radius 1 is 1.25 bits per heavy atom. The van der Waals surface area contributed by atoms with Gasteiger partial charge in [0.15, 0.2) is 0 Å². The van der Waals surface area contributed by atoms with Crippen LogP contribution in [0.25, 0.3) is 0 Å². The van der Waals surface area contributed by atoms with Crippen molar-refractivity contribution in [3.63, 3.8) is 0 Å². The van der Waals surface area contributed by atoms with Gasteiger partial charge in [-0.15, -0.1) is 0 Å². The van der Waals surface area contributed by atoms with Crippen molar-refractivity contribution in [3.05, 3.63) is 28.2 Å². The van der Waals surface area contributed by atoms with Crippen LogP contribution in [0.3, 0.4) is 0 Å². The van der Waals surface area contributed by atoms with Gasteiger partial charge < -0.3 is 5.73 Å². The minimum absolute atomic E-state index is 0.525. The average Bonchev–Trinajstić information content (AvgIpc) is 2.22. The maximum Gasteiger partial charge on any atom is 0.0350 e. The first-order chi connectivity index (χ1) is 7.48. The second-order valence-corrected chi connectivity index (χ2v) is 6.63. The summed E-state index contributed by atoms with van der Waals surface area (Å²) in [4.78, 5) is 0. The van der Waals surface area contributed by atoms with E-state index in [1.54, 1.807) is 0 Å². The summed E-state index contributed by atoms with van der Waals surface area (Å²) in [6.45, 7) is 4.74. The van der Waals surface area contributed by atoms with Crippen molar-refractivity contribution >= 4 is 21.6 Å². The molecule has 1 aliphatic carbocycles. The maximum atomic E-state index is 6.07. The average molecular weight is 282 g/mol. The van der Waals surface area contributed by atoms with Gasteiger partial charge >= 0.3 is 0 Å². The number of hydrogen-bond acceptors (Lipinski definition) is 1. The Kier molecular flexibility index (Phi) is 3.29. The third-order valence-corrected chi connectivity index (χ3v) is 4.32. The van der Waals surface area contributed by atoms with Crippen LogP contribution in [0, 0.1) is 5.41 Å². The van der Waals surface area contributed by atoms with Crippen molar-refractivity contribution in [1.29, 1.82) is 0 Å². The lowest BCUT2D eigenvalue weighted by molar-refractivity contribution is 0.225. The monoisotopic (exact) mass is 281 g/mol. The number of nitrogen functional groups attached to an aromatic ring is 1. The van der Waals surface area contributed by atoms with Crippen LogP contribution in [-0.4, -0.2) is 0 Å². The van der Waals surface area contributed by atoms with E-state index in [2.05, 4.69) is 35.8 Å². The van der Waals surface area contributed by atoms with Crippen molar-refractivity contribution in [2.75, 3.05) is 5.73 Å². The molecule has 1 fully saturated rings. The van der Waals surface area contributed by atoms with Gasteiger partial charge in [-0.1, -0.05) is 29.8 Å². The smallest absolute Gasteiger partial charge is 0.0350 e. The van der Waals surface area contributed by atoms with Gasteiger partial charge in [-0.3, -0.25) is 0 Å². The van der Waals surface area contributed by atoms with E-state index < -0.39 is 0 Å². The fourth-order valence-corrected chi connectivity index (χ4v) is 2.99. The van der Waals surface area contributed by atoms with E-state index in [-0.39, 0.29) is 0 Å². The lowest BCUT2D eigenvalue weighted by atomic mass is 9.71. The fourth-order valence-electron chi connectivity index (χ4n) is 2.61. The predicted molar refractivity (Wildman–Crippen MR) is 73.5 cm³/mol. The summed E-state index contributed by atoms with van der Waals surface area (Å²) < 4.78 is 1.14. The van der Waals surface area contributed by atoms with Gasteiger partial charge in [0.1, 0.15) is 0 Å². The molecular weight excluding hydrogens is 262 g/mol. The van der Waals surface area contributed by atoms with E-state index in [1.165, 1.54) is 31.2 Å². The van der Waals surface area contributed by atoms with Crippen molar-refractivity contribution in [1.82, 2.24) is 0 Å². The molecule has 2 N–H and O–H groups in total. The van der Waals surface area contributed by atoms with Gasteiger partial charge in [0.05, 0.1) is 0 Å². The van der Waals surface area contributed by atoms with E-state index >= 15 is 0 Å². The van der Waals surface area contributed by atoms with E-state index in [9.17, 15) is 0 Å². The first kappa shape index (κ1) is 12.0. The van der Waals surface area contributed by atoms with Crippen LogP contribution in [0.4, 0.5) is 5.69 Å². The minimum atomic E-state index is 0.525. The van der Waals surface area contributed by atoms with Crippen molar-refractivity contribution in [2.45, 2.75) is 45.4 Å². The molecule has 0 aliphatic heterocycles. The summed E-state index contributed by atoms with van der Waals surface area (Å²) in [5.74, 6) is 0.658. The zero-order valence-electron chi connectivity index (χ0n) is 10.1. The van der Waals surface area contributed by atoms with Crippen LogP contribution in [0.5, 0.6) is 0 Å². The van der Waals surface area contributed by atoms with E-state index in [0.717, 1.165) is 10.2 Å². The molecule has 0 atom stereocenters. The number of anilines is 1. The highest BCUT2D eigenvalue weighted by Crippen LogP contribution is 2.44. The van der Waals surface area contributed by atoms with E-state index in [4.69, 9.17) is 5.73 Å². The third kappa shape index (κ3) is 2.60. The lowest BCUT2D eigenvalue weighted by Crippen LogP contribution is -2.20. The molecule has 88 valence electrons. The van der Waals surface area contributed by atoms with Crippen LogP contribution in [0.15, 0.2) is 22.7 Å². The first-order valence-electron chi connectivity index (χ1n) is 6.03. The molecule has 0 bridgehead atoms. The molecule has 0 radical (unpaired) electrons. The second kappa shape index (κ2) is 4.40. The highest BCUT2D eigenvalue weighted by atomic mass is 79.9. The Morgan fingerprint density at radius 2 is 1.88 bits per heavy atom. The number of halogens is 1. The van der Waals surface area contributed by atoms with Crippen molar-refractivity contribution in [2.24, 2.45) is 5.41 Å². The van der Waals surface area contributed by atoms with Gasteiger partial charge in [0, 0.05) is 10.2 Å². The third-order valence-electron chi connectivity index (χ3n) is 3.83. The zero-order valence-corrected chi connectivity index (χ0v) is 11.7. The molecule has 1 aromatic rings. The molecule has 0 amide bonds. The molecule has 1 aliphatic rings. The Bertz CT molecular complexity index is 374. The Balaban J connectivity index is 2.17. The van der Waals surface area contributed by atoms with Crippen LogP contribution in [0.1, 0.15) is 51.0 Å². The summed E-state index contributed by atoms with van der Waals surface area (Å²) in [5.41, 5.74) is 8.88. The SMILES string of the molecule is CC1(C)CCC(c2cc(Br)ccc2N)CC1. The Morgan fingerprint density at radius 3 is 2.50 bits per heavy atom. The largest absolute Gasteiger partial charge is 0.398 e. The summed E-state index contributed by atoms with van der Waals surface area (Å²) in [6, 6.07) is 6.23. The van der Waals surface area contributed by atoms with Gasteiger partial charge in [-0.05, 0) is 60.8 Å². The quantitative estimate of drug-likeness (QED) is 0.741. The molecule has 1 aromatic carbocycles. The molecule has 1 saturated carbocycles. The standard InChI is InChI=1S/C14H20BrN/c1-14(2)7-5-10(6-8-14)12-9-11(15)3-4-13(12)16/h3-4,9-10H,5-8,16H2,1-2H3. The van der Waals surface area contributed by atoms with Crippen molar-refractivity contribution < 1.29 is 0 Å². The van der Waals surface area contributed by atoms with Gasteiger partial charge in [0.25, 0.3) is 0 Å². The maximum absolute atomic E-state index is 6.07. The molecule has 0 unspecified atom stereocenters. The number of nitrogens with two attached hydrogens (primary N) is 1. The molecule has 0 saturated heterocycles. The van der Waals surface area contributed by atoms with Gasteiger partial charge in [0.2, 0.25) is 0 Å². The highest BCUT2D eigenvalue weighted by molar-refractivity contribution is 9.10. The van der Waals surface area contributed by atoms with E-state index in [1.807, 2.05) is 12.1 Å². The number of hydrogen-bond donors (Lipinski definition) is 1. The summed E-state index contributed by atoms with van der Waals surface area (Å²) in [5, 5.41) is 0. The van der Waals surface area contributed by atoms with Crippen LogP contribution in [-0.2, 0) is 0 Å². The molecule has 2 rings (SSSR count). The fraction of sp³-hybridized carbons (Fsp3) is 0.571. The number of benzene rings is 1. The summed E-state index contributed by atoms with van der Waals surface area (Å²) in [7, 11) is 0. The van der Waals surface area contributed by atoms with E-state index in [0.29, 0.717) is 11.3 Å². The molecule has 0 aromatic heterocycles. The Labute approximate surface area is 107 Å². The molecule has 2 heteroatoms. The normalized spacial score (nSPS) is 20.9. The molecule has 1 nitrogen and oxygen atoms in total. The van der Waals surface area contributed by atoms with Crippen molar-refractivity contribution in [3.8, 4) is 0 Å². The molecule has 0 heterocycles. The van der Waals surface area contributed by atoms with Crippen LogP contribution >= 0.6 is 15.9 Å². The van der Waals surface area contributed by atoms with Crippen LogP contribution in [0.2, 0.25) is 0 Å². The van der Waals surface area contributed by atoms with Gasteiger partial charge in [-0.25, -0.2) is 0 Å². The van der Waals surface area contributed by atoms with Gasteiger partial charge in [-0.2, -0.15) is 0 Å². The Hall–Kier alpha value is -0.500.